The summed E-state index contributed by atoms with van der Waals surface area (Å²) in [5, 5.41) is 7.17. The summed E-state index contributed by atoms with van der Waals surface area (Å²) in [6, 6.07) is 1.46. The Morgan fingerprint density at radius 1 is 1.07 bits per heavy atom. The molecule has 0 aromatic heterocycles. The third-order valence-corrected chi connectivity index (χ3v) is 6.18. The number of guanidine groups is 1. The van der Waals surface area contributed by atoms with E-state index in [1.54, 1.807) is 0 Å². The molecule has 3 rings (SSSR count). The van der Waals surface area contributed by atoms with Crippen LogP contribution in [0, 0.1) is 0 Å². The second-order valence-electron chi connectivity index (χ2n) is 8.47. The van der Waals surface area contributed by atoms with Crippen molar-refractivity contribution in [2.24, 2.45) is 4.99 Å². The predicted octanol–water partition coefficient (Wildman–Crippen LogP) is 3.92. The molecule has 3 aliphatic rings. The van der Waals surface area contributed by atoms with E-state index < -0.39 is 0 Å². The average Bonchev–Trinajstić information content (AvgIpc) is 3.51. The quantitative estimate of drug-likeness (QED) is 0.307. The molecule has 27 heavy (non-hydrogen) atoms. The van der Waals surface area contributed by atoms with Crippen molar-refractivity contribution in [3.05, 3.63) is 0 Å². The lowest BCUT2D eigenvalue weighted by Gasteiger charge is -2.36. The molecule has 0 atom stereocenters. The first-order valence-electron chi connectivity index (χ1n) is 11.2. The van der Waals surface area contributed by atoms with Crippen molar-refractivity contribution in [3.8, 4) is 0 Å². The van der Waals surface area contributed by atoms with E-state index in [4.69, 9.17) is 9.73 Å². The fourth-order valence-electron chi connectivity index (χ4n) is 4.45. The minimum Gasteiger partial charge on any atom is -0.373 e. The molecule has 0 aromatic carbocycles. The van der Waals surface area contributed by atoms with Crippen molar-refractivity contribution in [1.29, 1.82) is 0 Å². The summed E-state index contributed by atoms with van der Waals surface area (Å²) < 4.78 is 6.32. The minimum atomic E-state index is -0.0219. The van der Waals surface area contributed by atoms with Gasteiger partial charge in [-0.2, -0.15) is 0 Å². The summed E-state index contributed by atoms with van der Waals surface area (Å²) in [4.78, 5) is 7.66. The van der Waals surface area contributed by atoms with Crippen molar-refractivity contribution in [2.75, 3.05) is 32.8 Å². The fourth-order valence-corrected chi connectivity index (χ4v) is 4.45. The zero-order chi connectivity index (χ0) is 18.2. The molecule has 1 heterocycles. The molecular weight excluding hydrogens is 451 g/mol. The molecule has 0 amide bonds. The van der Waals surface area contributed by atoms with Crippen LogP contribution in [0.15, 0.2) is 4.99 Å². The lowest BCUT2D eigenvalue weighted by molar-refractivity contribution is -0.0624. The third-order valence-electron chi connectivity index (χ3n) is 6.18. The van der Waals surface area contributed by atoms with Crippen LogP contribution < -0.4 is 10.6 Å². The number of piperidine rings is 1. The van der Waals surface area contributed by atoms with E-state index in [0.717, 1.165) is 51.0 Å². The van der Waals surface area contributed by atoms with Crippen LogP contribution in [0.25, 0.3) is 0 Å². The maximum atomic E-state index is 6.32. The fraction of sp³-hybridized carbons (Fsp3) is 0.952. The number of nitrogens with one attached hydrogen (secondary N) is 2. The van der Waals surface area contributed by atoms with E-state index in [-0.39, 0.29) is 29.6 Å². The Morgan fingerprint density at radius 2 is 1.78 bits per heavy atom. The normalized spacial score (nSPS) is 24.3. The molecule has 2 aliphatic carbocycles. The molecule has 6 heteroatoms. The van der Waals surface area contributed by atoms with Crippen LogP contribution in [0.5, 0.6) is 0 Å². The van der Waals surface area contributed by atoms with Crippen molar-refractivity contribution in [3.63, 3.8) is 0 Å². The maximum Gasteiger partial charge on any atom is 0.191 e. The second kappa shape index (κ2) is 11.8. The lowest BCUT2D eigenvalue weighted by atomic mass is 9.84. The zero-order valence-electron chi connectivity index (χ0n) is 17.5. The molecule has 3 fully saturated rings. The molecule has 2 N–H and O–H groups in total. The van der Waals surface area contributed by atoms with E-state index in [0.29, 0.717) is 6.04 Å². The highest BCUT2D eigenvalue weighted by Gasteiger charge is 2.34. The summed E-state index contributed by atoms with van der Waals surface area (Å²) in [5.74, 6) is 0.988. The SMILES string of the molecule is CCCOC1(CN=C(NCC)NC2CCN(C3CC3)CC2)CCCCC1.I. The molecule has 0 unspecified atom stereocenters. The molecule has 1 aliphatic heterocycles. The number of hydrogen-bond acceptors (Lipinski definition) is 3. The van der Waals surface area contributed by atoms with Gasteiger partial charge in [-0.3, -0.25) is 4.99 Å². The van der Waals surface area contributed by atoms with Crippen LogP contribution in [-0.4, -0.2) is 61.3 Å². The van der Waals surface area contributed by atoms with Crippen molar-refractivity contribution >= 4 is 29.9 Å². The first-order chi connectivity index (χ1) is 12.7. The number of aliphatic imine (C=N–C) groups is 1. The molecule has 0 radical (unpaired) electrons. The Bertz CT molecular complexity index is 441. The van der Waals surface area contributed by atoms with E-state index in [2.05, 4.69) is 29.4 Å². The van der Waals surface area contributed by atoms with Gasteiger partial charge in [0.1, 0.15) is 0 Å². The van der Waals surface area contributed by atoms with Gasteiger partial charge in [0.2, 0.25) is 0 Å². The molecule has 0 spiro atoms. The number of ether oxygens (including phenoxy) is 1. The summed E-state index contributed by atoms with van der Waals surface area (Å²) in [6.07, 6.45) is 12.6. The van der Waals surface area contributed by atoms with Gasteiger partial charge in [-0.25, -0.2) is 0 Å². The van der Waals surface area contributed by atoms with Gasteiger partial charge in [0.05, 0.1) is 12.1 Å². The van der Waals surface area contributed by atoms with Gasteiger partial charge in [0.15, 0.2) is 5.96 Å². The summed E-state index contributed by atoms with van der Waals surface area (Å²) in [5.41, 5.74) is -0.0219. The Hall–Kier alpha value is -0.0800. The average molecular weight is 492 g/mol. The highest BCUT2D eigenvalue weighted by atomic mass is 127. The predicted molar refractivity (Wildman–Crippen MR) is 124 cm³/mol. The Morgan fingerprint density at radius 3 is 2.37 bits per heavy atom. The highest BCUT2D eigenvalue weighted by molar-refractivity contribution is 14.0. The van der Waals surface area contributed by atoms with Crippen LogP contribution in [0.1, 0.15) is 78.1 Å². The number of halogens is 1. The van der Waals surface area contributed by atoms with E-state index in [1.807, 2.05) is 0 Å². The second-order valence-corrected chi connectivity index (χ2v) is 8.47. The minimum absolute atomic E-state index is 0. The Labute approximate surface area is 183 Å². The van der Waals surface area contributed by atoms with Crippen LogP contribution >= 0.6 is 24.0 Å². The summed E-state index contributed by atoms with van der Waals surface area (Å²) in [6.45, 7) is 9.39. The number of nitrogens with zero attached hydrogens (tertiary/aromatic N) is 2. The van der Waals surface area contributed by atoms with Gasteiger partial charge in [-0.05, 0) is 51.9 Å². The van der Waals surface area contributed by atoms with Crippen LogP contribution in [0.3, 0.4) is 0 Å². The lowest BCUT2D eigenvalue weighted by Crippen LogP contribution is -2.49. The van der Waals surface area contributed by atoms with Gasteiger partial charge in [0, 0.05) is 38.3 Å². The Kier molecular flexibility index (Phi) is 10.1. The topological polar surface area (TPSA) is 48.9 Å². The molecule has 1 saturated heterocycles. The number of hydrogen-bond donors (Lipinski definition) is 2. The smallest absolute Gasteiger partial charge is 0.191 e. The van der Waals surface area contributed by atoms with Crippen LogP contribution in [0.4, 0.5) is 0 Å². The molecule has 0 aromatic rings. The van der Waals surface area contributed by atoms with Crippen LogP contribution in [-0.2, 0) is 4.74 Å². The first-order valence-corrected chi connectivity index (χ1v) is 11.2. The standard InChI is InChI=1S/C21H40N4O.HI/c1-3-16-26-21(12-6-5-7-13-21)17-23-20(22-4-2)24-18-10-14-25(15-11-18)19-8-9-19;/h18-19H,3-17H2,1-2H3,(H2,22,23,24);1H. The van der Waals surface area contributed by atoms with Gasteiger partial charge in [0.25, 0.3) is 0 Å². The number of rotatable bonds is 8. The summed E-state index contributed by atoms with van der Waals surface area (Å²) in [7, 11) is 0. The summed E-state index contributed by atoms with van der Waals surface area (Å²) >= 11 is 0. The van der Waals surface area contributed by atoms with Gasteiger partial charge < -0.3 is 20.3 Å². The molecule has 0 bridgehead atoms. The maximum absolute atomic E-state index is 6.32. The first kappa shape index (κ1) is 23.2. The highest BCUT2D eigenvalue weighted by Crippen LogP contribution is 2.32. The van der Waals surface area contributed by atoms with Gasteiger partial charge in [-0.15, -0.1) is 24.0 Å². The molecule has 2 saturated carbocycles. The van der Waals surface area contributed by atoms with Gasteiger partial charge >= 0.3 is 0 Å². The molecular formula is C21H41IN4O. The Balaban J connectivity index is 0.00000261. The third kappa shape index (κ3) is 7.35. The molecule has 158 valence electrons. The van der Waals surface area contributed by atoms with Crippen molar-refractivity contribution in [2.45, 2.75) is 95.7 Å². The monoisotopic (exact) mass is 492 g/mol. The molecule has 5 nitrogen and oxygen atoms in total. The van der Waals surface area contributed by atoms with Gasteiger partial charge in [-0.1, -0.05) is 26.2 Å². The van der Waals surface area contributed by atoms with Crippen LogP contribution in [0.2, 0.25) is 0 Å². The zero-order valence-corrected chi connectivity index (χ0v) is 19.8. The van der Waals surface area contributed by atoms with E-state index >= 15 is 0 Å². The van der Waals surface area contributed by atoms with E-state index in [9.17, 15) is 0 Å². The largest absolute Gasteiger partial charge is 0.373 e. The number of likely N-dealkylation sites (tertiary alicyclic amines) is 1. The van der Waals surface area contributed by atoms with Crippen molar-refractivity contribution < 1.29 is 4.74 Å². The van der Waals surface area contributed by atoms with Crippen molar-refractivity contribution in [1.82, 2.24) is 15.5 Å². The van der Waals surface area contributed by atoms with E-state index in [1.165, 1.54) is 58.0 Å².